The van der Waals surface area contributed by atoms with E-state index in [1.807, 2.05) is 29.9 Å². The van der Waals surface area contributed by atoms with Crippen LogP contribution >= 0.6 is 0 Å². The molecular formula is C15H16N4O3. The Morgan fingerprint density at radius 2 is 2.00 bits per heavy atom. The average molecular weight is 300 g/mol. The molecule has 0 spiro atoms. The van der Waals surface area contributed by atoms with E-state index in [-0.39, 0.29) is 18.0 Å². The van der Waals surface area contributed by atoms with Gasteiger partial charge in [0.1, 0.15) is 0 Å². The molecule has 1 amide bonds. The lowest BCUT2D eigenvalue weighted by molar-refractivity contribution is -0.384. The summed E-state index contributed by atoms with van der Waals surface area (Å²) in [6.45, 7) is 1.73. The van der Waals surface area contributed by atoms with Crippen LogP contribution in [-0.4, -0.2) is 21.1 Å². The zero-order chi connectivity index (χ0) is 16.1. The number of hydrogen-bond acceptors (Lipinski definition) is 4. The molecule has 1 aromatic heterocycles. The molecule has 1 aromatic carbocycles. The van der Waals surface area contributed by atoms with E-state index in [4.69, 9.17) is 0 Å². The second-order valence-electron chi connectivity index (χ2n) is 4.82. The van der Waals surface area contributed by atoms with Gasteiger partial charge < -0.3 is 4.57 Å². The third-order valence-corrected chi connectivity index (χ3v) is 3.24. The number of hydrazone groups is 1. The van der Waals surface area contributed by atoms with Crippen LogP contribution in [-0.2, 0) is 18.3 Å². The number of nitrogens with one attached hydrogen (secondary N) is 1. The molecule has 1 N–H and O–H groups in total. The number of carbonyl (C=O) groups excluding carboxylic acids is 1. The summed E-state index contributed by atoms with van der Waals surface area (Å²) in [4.78, 5) is 22.0. The Labute approximate surface area is 127 Å². The molecule has 2 rings (SSSR count). The first-order valence-corrected chi connectivity index (χ1v) is 6.65. The molecular weight excluding hydrogens is 284 g/mol. The Kier molecular flexibility index (Phi) is 4.67. The minimum absolute atomic E-state index is 0.0179. The summed E-state index contributed by atoms with van der Waals surface area (Å²) >= 11 is 0. The topological polar surface area (TPSA) is 89.5 Å². The zero-order valence-electron chi connectivity index (χ0n) is 12.3. The predicted molar refractivity (Wildman–Crippen MR) is 82.6 cm³/mol. The standard InChI is InChI=1S/C15H16N4O3/c1-11(12-5-7-13(8-6-12)19(21)22)16-17-15(20)10-14-4-3-9-18(14)2/h3-9H,10H2,1-2H3,(H,17,20)/b16-11+. The molecule has 0 aliphatic carbocycles. The molecule has 0 saturated carbocycles. The van der Waals surface area contributed by atoms with Gasteiger partial charge in [0.15, 0.2) is 0 Å². The van der Waals surface area contributed by atoms with Crippen molar-refractivity contribution < 1.29 is 9.72 Å². The number of benzene rings is 1. The van der Waals surface area contributed by atoms with Crippen molar-refractivity contribution in [3.05, 3.63) is 64.0 Å². The Balaban J connectivity index is 1.98. The number of non-ortho nitro benzene ring substituents is 1. The van der Waals surface area contributed by atoms with E-state index in [1.165, 1.54) is 12.1 Å². The van der Waals surface area contributed by atoms with Crippen molar-refractivity contribution in [2.24, 2.45) is 12.1 Å². The SMILES string of the molecule is C/C(=N\NC(=O)Cc1cccn1C)c1ccc([N+](=O)[O-])cc1. The third-order valence-electron chi connectivity index (χ3n) is 3.24. The summed E-state index contributed by atoms with van der Waals surface area (Å²) < 4.78 is 1.87. The number of carbonyl (C=O) groups is 1. The van der Waals surface area contributed by atoms with Crippen molar-refractivity contribution in [3.8, 4) is 0 Å². The number of nitro benzene ring substituents is 1. The number of aryl methyl sites for hydroxylation is 1. The first-order valence-electron chi connectivity index (χ1n) is 6.65. The van der Waals surface area contributed by atoms with Crippen molar-refractivity contribution in [2.45, 2.75) is 13.3 Å². The molecule has 0 aliphatic rings. The molecule has 0 bridgehead atoms. The maximum atomic E-state index is 11.8. The maximum absolute atomic E-state index is 11.8. The number of aromatic nitrogens is 1. The quantitative estimate of drug-likeness (QED) is 0.520. The van der Waals surface area contributed by atoms with Gasteiger partial charge in [0.2, 0.25) is 5.91 Å². The molecule has 7 heteroatoms. The zero-order valence-corrected chi connectivity index (χ0v) is 12.3. The van der Waals surface area contributed by atoms with Gasteiger partial charge in [0, 0.05) is 31.1 Å². The van der Waals surface area contributed by atoms with Gasteiger partial charge in [0.05, 0.1) is 17.1 Å². The fourth-order valence-corrected chi connectivity index (χ4v) is 1.92. The number of rotatable bonds is 5. The van der Waals surface area contributed by atoms with Crippen LogP contribution < -0.4 is 5.43 Å². The van der Waals surface area contributed by atoms with Gasteiger partial charge in [-0.05, 0) is 36.8 Å². The lowest BCUT2D eigenvalue weighted by Gasteiger charge is -2.04. The summed E-state index contributed by atoms with van der Waals surface area (Å²) in [6, 6.07) is 9.74. The highest BCUT2D eigenvalue weighted by molar-refractivity contribution is 5.99. The molecule has 114 valence electrons. The van der Waals surface area contributed by atoms with E-state index in [0.29, 0.717) is 11.3 Å². The van der Waals surface area contributed by atoms with Crippen molar-refractivity contribution >= 4 is 17.3 Å². The second kappa shape index (κ2) is 6.66. The predicted octanol–water partition coefficient (Wildman–Crippen LogP) is 2.02. The molecule has 1 heterocycles. The first kappa shape index (κ1) is 15.4. The first-order chi connectivity index (χ1) is 10.5. The number of hydrogen-bond donors (Lipinski definition) is 1. The van der Waals surface area contributed by atoms with Crippen LogP contribution in [0.1, 0.15) is 18.2 Å². The molecule has 0 saturated heterocycles. The molecule has 2 aromatic rings. The maximum Gasteiger partial charge on any atom is 0.269 e. The van der Waals surface area contributed by atoms with E-state index in [2.05, 4.69) is 10.5 Å². The van der Waals surface area contributed by atoms with E-state index in [0.717, 1.165) is 5.69 Å². The highest BCUT2D eigenvalue weighted by atomic mass is 16.6. The van der Waals surface area contributed by atoms with E-state index >= 15 is 0 Å². The van der Waals surface area contributed by atoms with Gasteiger partial charge in [0.25, 0.3) is 5.69 Å². The summed E-state index contributed by atoms with van der Waals surface area (Å²) in [5.74, 6) is -0.219. The summed E-state index contributed by atoms with van der Waals surface area (Å²) in [5, 5.41) is 14.6. The molecule has 22 heavy (non-hydrogen) atoms. The van der Waals surface area contributed by atoms with Crippen LogP contribution in [0.5, 0.6) is 0 Å². The van der Waals surface area contributed by atoms with Crippen LogP contribution in [0.4, 0.5) is 5.69 Å². The van der Waals surface area contributed by atoms with Crippen molar-refractivity contribution in [1.29, 1.82) is 0 Å². The molecule has 7 nitrogen and oxygen atoms in total. The van der Waals surface area contributed by atoms with Gasteiger partial charge in [-0.1, -0.05) is 0 Å². The van der Waals surface area contributed by atoms with Gasteiger partial charge in [-0.2, -0.15) is 5.10 Å². The van der Waals surface area contributed by atoms with Crippen LogP contribution in [0.2, 0.25) is 0 Å². The monoisotopic (exact) mass is 300 g/mol. The normalized spacial score (nSPS) is 11.3. The molecule has 0 radical (unpaired) electrons. The molecule has 0 fully saturated rings. The van der Waals surface area contributed by atoms with Crippen molar-refractivity contribution in [1.82, 2.24) is 9.99 Å². The van der Waals surface area contributed by atoms with Crippen LogP contribution in [0.25, 0.3) is 0 Å². The molecule has 0 unspecified atom stereocenters. The number of nitro groups is 1. The largest absolute Gasteiger partial charge is 0.354 e. The summed E-state index contributed by atoms with van der Waals surface area (Å²) in [5.41, 5.74) is 4.68. The lowest BCUT2D eigenvalue weighted by Crippen LogP contribution is -2.22. The Bertz CT molecular complexity index is 717. The van der Waals surface area contributed by atoms with Crippen LogP contribution in [0.15, 0.2) is 47.7 Å². The smallest absolute Gasteiger partial charge is 0.269 e. The third kappa shape index (κ3) is 3.78. The number of amides is 1. The Morgan fingerprint density at radius 3 is 2.55 bits per heavy atom. The van der Waals surface area contributed by atoms with Crippen molar-refractivity contribution in [2.75, 3.05) is 0 Å². The second-order valence-corrected chi connectivity index (χ2v) is 4.82. The van der Waals surface area contributed by atoms with Gasteiger partial charge >= 0.3 is 0 Å². The van der Waals surface area contributed by atoms with E-state index < -0.39 is 4.92 Å². The lowest BCUT2D eigenvalue weighted by atomic mass is 10.1. The summed E-state index contributed by atoms with van der Waals surface area (Å²) in [6.07, 6.45) is 2.11. The van der Waals surface area contributed by atoms with E-state index in [1.54, 1.807) is 19.1 Å². The van der Waals surface area contributed by atoms with Gasteiger partial charge in [-0.3, -0.25) is 14.9 Å². The minimum Gasteiger partial charge on any atom is -0.354 e. The average Bonchev–Trinajstić information content (AvgIpc) is 2.90. The Morgan fingerprint density at radius 1 is 1.32 bits per heavy atom. The highest BCUT2D eigenvalue weighted by Crippen LogP contribution is 2.12. The van der Waals surface area contributed by atoms with Crippen LogP contribution in [0.3, 0.4) is 0 Å². The van der Waals surface area contributed by atoms with Gasteiger partial charge in [-0.15, -0.1) is 0 Å². The summed E-state index contributed by atoms with van der Waals surface area (Å²) in [7, 11) is 1.87. The highest BCUT2D eigenvalue weighted by Gasteiger charge is 2.07. The Hall–Kier alpha value is -2.96. The van der Waals surface area contributed by atoms with Gasteiger partial charge in [-0.25, -0.2) is 5.43 Å². The van der Waals surface area contributed by atoms with E-state index in [9.17, 15) is 14.9 Å². The number of nitrogens with zero attached hydrogens (tertiary/aromatic N) is 3. The molecule has 0 aliphatic heterocycles. The van der Waals surface area contributed by atoms with Crippen LogP contribution in [0, 0.1) is 10.1 Å². The van der Waals surface area contributed by atoms with Crippen molar-refractivity contribution in [3.63, 3.8) is 0 Å². The molecule has 0 atom stereocenters. The fraction of sp³-hybridized carbons (Fsp3) is 0.200. The minimum atomic E-state index is -0.460. The fourth-order valence-electron chi connectivity index (χ4n) is 1.92.